The first-order chi connectivity index (χ1) is 13.6. The zero-order chi connectivity index (χ0) is 19.3. The van der Waals surface area contributed by atoms with Gasteiger partial charge in [0, 0.05) is 42.2 Å². The van der Waals surface area contributed by atoms with E-state index < -0.39 is 0 Å². The molecule has 0 saturated heterocycles. The van der Waals surface area contributed by atoms with Gasteiger partial charge < -0.3 is 4.74 Å². The van der Waals surface area contributed by atoms with Gasteiger partial charge in [-0.05, 0) is 49.7 Å². The van der Waals surface area contributed by atoms with Crippen LogP contribution in [0.4, 0.5) is 0 Å². The third kappa shape index (κ3) is 2.72. The molecule has 0 amide bonds. The molecule has 1 aromatic carbocycles. The molecule has 0 aliphatic heterocycles. The highest BCUT2D eigenvalue weighted by Gasteiger charge is 2.15. The standard InChI is InChI=1S/C21H20N6O/c1-13-8-17(20-6-7-22-27(20)11-13)14(2)28-16-4-5-19-18(9-16)21(25-24-19)15-10-23-26(3)12-15/h4-12,14H,1-3H3,(H,24,25). The number of ether oxygens (including phenoxy) is 1. The third-order valence-electron chi connectivity index (χ3n) is 4.94. The summed E-state index contributed by atoms with van der Waals surface area (Å²) in [6, 6.07) is 10.1. The molecule has 0 aliphatic carbocycles. The molecule has 0 bridgehead atoms. The smallest absolute Gasteiger partial charge is 0.123 e. The Morgan fingerprint density at radius 1 is 1.11 bits per heavy atom. The van der Waals surface area contributed by atoms with Crippen LogP contribution in [0.15, 0.2) is 55.1 Å². The van der Waals surface area contributed by atoms with Gasteiger partial charge in [-0.3, -0.25) is 9.78 Å². The van der Waals surface area contributed by atoms with Crippen molar-refractivity contribution in [2.75, 3.05) is 0 Å². The average Bonchev–Trinajstić information content (AvgIpc) is 3.39. The van der Waals surface area contributed by atoms with Crippen LogP contribution in [-0.4, -0.2) is 29.6 Å². The molecule has 7 nitrogen and oxygen atoms in total. The highest BCUT2D eigenvalue weighted by molar-refractivity contribution is 5.93. The maximum atomic E-state index is 6.30. The molecule has 0 aliphatic rings. The van der Waals surface area contributed by atoms with Gasteiger partial charge in [-0.2, -0.15) is 15.3 Å². The van der Waals surface area contributed by atoms with Crippen LogP contribution in [0.5, 0.6) is 5.75 Å². The van der Waals surface area contributed by atoms with Gasteiger partial charge in [-0.15, -0.1) is 0 Å². The molecule has 0 saturated carbocycles. The number of hydrogen-bond acceptors (Lipinski definition) is 4. The van der Waals surface area contributed by atoms with E-state index in [1.165, 1.54) is 0 Å². The second-order valence-electron chi connectivity index (χ2n) is 7.08. The van der Waals surface area contributed by atoms with Crippen molar-refractivity contribution in [2.45, 2.75) is 20.0 Å². The van der Waals surface area contributed by atoms with Gasteiger partial charge in [-0.1, -0.05) is 0 Å². The number of aromatic nitrogens is 6. The number of nitrogens with zero attached hydrogens (tertiary/aromatic N) is 5. The molecule has 0 spiro atoms. The number of aromatic amines is 1. The monoisotopic (exact) mass is 372 g/mol. The van der Waals surface area contributed by atoms with Gasteiger partial charge in [0.15, 0.2) is 0 Å². The third-order valence-corrected chi connectivity index (χ3v) is 4.94. The lowest BCUT2D eigenvalue weighted by molar-refractivity contribution is 0.228. The lowest BCUT2D eigenvalue weighted by Crippen LogP contribution is -2.06. The first-order valence-electron chi connectivity index (χ1n) is 9.16. The lowest BCUT2D eigenvalue weighted by Gasteiger charge is -2.17. The van der Waals surface area contributed by atoms with Crippen LogP contribution in [0.25, 0.3) is 27.7 Å². The number of fused-ring (bicyclic) bond motifs is 2. The molecule has 28 heavy (non-hydrogen) atoms. The van der Waals surface area contributed by atoms with Crippen LogP contribution in [-0.2, 0) is 7.05 Å². The minimum atomic E-state index is -0.120. The number of rotatable bonds is 4. The van der Waals surface area contributed by atoms with Crippen LogP contribution in [0, 0.1) is 6.92 Å². The average molecular weight is 372 g/mol. The summed E-state index contributed by atoms with van der Waals surface area (Å²) in [5, 5.41) is 17.1. The molecule has 5 aromatic rings. The van der Waals surface area contributed by atoms with Gasteiger partial charge in [0.05, 0.1) is 17.2 Å². The van der Waals surface area contributed by atoms with Crippen molar-refractivity contribution in [3.05, 3.63) is 66.2 Å². The number of pyridine rings is 1. The van der Waals surface area contributed by atoms with Crippen LogP contribution >= 0.6 is 0 Å². The highest BCUT2D eigenvalue weighted by atomic mass is 16.5. The van der Waals surface area contributed by atoms with Crippen LogP contribution in [0.3, 0.4) is 0 Å². The fraction of sp³-hybridized carbons (Fsp3) is 0.190. The van der Waals surface area contributed by atoms with Crippen molar-refractivity contribution in [1.29, 1.82) is 0 Å². The van der Waals surface area contributed by atoms with Crippen molar-refractivity contribution >= 4 is 16.4 Å². The first-order valence-corrected chi connectivity index (χ1v) is 9.16. The first kappa shape index (κ1) is 16.6. The Morgan fingerprint density at radius 2 is 2.00 bits per heavy atom. The topological polar surface area (TPSA) is 73.0 Å². The highest BCUT2D eigenvalue weighted by Crippen LogP contribution is 2.31. The summed E-state index contributed by atoms with van der Waals surface area (Å²) in [5.41, 5.74) is 6.11. The number of aryl methyl sites for hydroxylation is 2. The maximum absolute atomic E-state index is 6.30. The summed E-state index contributed by atoms with van der Waals surface area (Å²) in [5.74, 6) is 0.797. The summed E-state index contributed by atoms with van der Waals surface area (Å²) in [7, 11) is 1.90. The normalized spacial score (nSPS) is 12.7. The van der Waals surface area contributed by atoms with E-state index in [1.54, 1.807) is 4.68 Å². The zero-order valence-corrected chi connectivity index (χ0v) is 15.9. The van der Waals surface area contributed by atoms with Gasteiger partial charge in [0.25, 0.3) is 0 Å². The lowest BCUT2D eigenvalue weighted by atomic mass is 10.1. The van der Waals surface area contributed by atoms with E-state index in [4.69, 9.17) is 4.74 Å². The fourth-order valence-corrected chi connectivity index (χ4v) is 3.62. The van der Waals surface area contributed by atoms with E-state index >= 15 is 0 Å². The second kappa shape index (κ2) is 6.23. The molecule has 140 valence electrons. The predicted octanol–water partition coefficient (Wildman–Crippen LogP) is 4.06. The molecule has 1 unspecified atom stereocenters. The molecule has 4 heterocycles. The molecule has 1 atom stereocenters. The SMILES string of the molecule is Cc1cc(C(C)Oc2ccc3[nH]nc(-c4cnn(C)c4)c3c2)c2ccnn2c1. The van der Waals surface area contributed by atoms with Crippen molar-refractivity contribution < 1.29 is 4.74 Å². The van der Waals surface area contributed by atoms with Crippen LogP contribution in [0.1, 0.15) is 24.2 Å². The Morgan fingerprint density at radius 3 is 2.82 bits per heavy atom. The largest absolute Gasteiger partial charge is 0.486 e. The van der Waals surface area contributed by atoms with E-state index in [-0.39, 0.29) is 6.10 Å². The molecule has 5 rings (SSSR count). The van der Waals surface area contributed by atoms with Gasteiger partial charge in [0.2, 0.25) is 0 Å². The van der Waals surface area contributed by atoms with E-state index in [9.17, 15) is 0 Å². The molecule has 4 aromatic heterocycles. The van der Waals surface area contributed by atoms with E-state index in [0.29, 0.717) is 0 Å². The molecule has 0 fully saturated rings. The Labute approximate surface area is 161 Å². The molecule has 0 radical (unpaired) electrons. The molecule has 1 N–H and O–H groups in total. The Balaban J connectivity index is 1.52. The molecular formula is C21H20N6O. The number of H-pyrrole nitrogens is 1. The van der Waals surface area contributed by atoms with Crippen molar-refractivity contribution in [3.8, 4) is 17.0 Å². The Kier molecular flexibility index (Phi) is 3.68. The summed E-state index contributed by atoms with van der Waals surface area (Å²) >= 11 is 0. The van der Waals surface area contributed by atoms with Gasteiger partial charge >= 0.3 is 0 Å². The van der Waals surface area contributed by atoms with Crippen molar-refractivity contribution in [2.24, 2.45) is 7.05 Å². The fourth-order valence-electron chi connectivity index (χ4n) is 3.62. The summed E-state index contributed by atoms with van der Waals surface area (Å²) in [4.78, 5) is 0. The second-order valence-corrected chi connectivity index (χ2v) is 7.08. The summed E-state index contributed by atoms with van der Waals surface area (Å²) < 4.78 is 9.97. The van der Waals surface area contributed by atoms with E-state index in [2.05, 4.69) is 40.3 Å². The number of benzene rings is 1. The van der Waals surface area contributed by atoms with Crippen LogP contribution < -0.4 is 4.74 Å². The minimum absolute atomic E-state index is 0.120. The van der Waals surface area contributed by atoms with Crippen molar-refractivity contribution in [3.63, 3.8) is 0 Å². The minimum Gasteiger partial charge on any atom is -0.486 e. The van der Waals surface area contributed by atoms with E-state index in [1.807, 2.05) is 60.6 Å². The maximum Gasteiger partial charge on any atom is 0.123 e. The van der Waals surface area contributed by atoms with Gasteiger partial charge in [-0.25, -0.2) is 4.52 Å². The number of hydrogen-bond donors (Lipinski definition) is 1. The Hall–Kier alpha value is -3.61. The number of nitrogens with one attached hydrogen (secondary N) is 1. The molecular weight excluding hydrogens is 352 g/mol. The Bertz CT molecular complexity index is 1290. The quantitative estimate of drug-likeness (QED) is 0.516. The predicted molar refractivity (Wildman–Crippen MR) is 107 cm³/mol. The van der Waals surface area contributed by atoms with E-state index in [0.717, 1.165) is 44.6 Å². The summed E-state index contributed by atoms with van der Waals surface area (Å²) in [6.07, 6.45) is 7.47. The molecule has 7 heteroatoms. The van der Waals surface area contributed by atoms with Crippen LogP contribution in [0.2, 0.25) is 0 Å². The summed E-state index contributed by atoms with van der Waals surface area (Å²) in [6.45, 7) is 4.12. The zero-order valence-electron chi connectivity index (χ0n) is 15.9. The van der Waals surface area contributed by atoms with Gasteiger partial charge in [0.1, 0.15) is 17.5 Å². The van der Waals surface area contributed by atoms with Crippen molar-refractivity contribution in [1.82, 2.24) is 29.6 Å².